The molecule has 10 heteroatoms. The molecule has 0 spiro atoms. The van der Waals surface area contributed by atoms with Crippen LogP contribution in [0.5, 0.6) is 0 Å². The van der Waals surface area contributed by atoms with Crippen LogP contribution in [-0.4, -0.2) is 48.1 Å². The Bertz CT molecular complexity index is 1210. The number of aromatic nitrogens is 2. The van der Waals surface area contributed by atoms with Gasteiger partial charge in [-0.15, -0.1) is 0 Å². The highest BCUT2D eigenvalue weighted by Gasteiger charge is 2.21. The number of nitrogens with zero attached hydrogens (tertiary/aromatic N) is 3. The van der Waals surface area contributed by atoms with E-state index < -0.39 is 0 Å². The van der Waals surface area contributed by atoms with E-state index in [4.69, 9.17) is 23.2 Å². The first kappa shape index (κ1) is 24.6. The Hall–Kier alpha value is -3.07. The average Bonchev–Trinajstić information content (AvgIpc) is 3.40. The third-order valence-corrected chi connectivity index (χ3v) is 7.06. The lowest BCUT2D eigenvalue weighted by Crippen LogP contribution is -2.43. The molecule has 1 aliphatic carbocycles. The molecule has 4 N–H and O–H groups in total. The molecular formula is C26H29Cl2N7O. The van der Waals surface area contributed by atoms with E-state index in [1.54, 1.807) is 24.4 Å². The van der Waals surface area contributed by atoms with Gasteiger partial charge in [0.15, 0.2) is 0 Å². The Labute approximate surface area is 220 Å². The van der Waals surface area contributed by atoms with Gasteiger partial charge in [-0.3, -0.25) is 4.79 Å². The Morgan fingerprint density at radius 2 is 1.78 bits per heavy atom. The molecule has 0 atom stereocenters. The third-order valence-electron chi connectivity index (χ3n) is 6.51. The van der Waals surface area contributed by atoms with Gasteiger partial charge in [0.2, 0.25) is 5.95 Å². The van der Waals surface area contributed by atoms with E-state index in [0.717, 1.165) is 57.5 Å². The zero-order valence-electron chi connectivity index (χ0n) is 19.9. The number of amides is 1. The van der Waals surface area contributed by atoms with Crippen LogP contribution in [0, 0.1) is 0 Å². The molecule has 2 fully saturated rings. The highest BCUT2D eigenvalue weighted by Crippen LogP contribution is 2.28. The van der Waals surface area contributed by atoms with E-state index >= 15 is 0 Å². The van der Waals surface area contributed by atoms with Crippen LogP contribution in [0.4, 0.5) is 28.8 Å². The number of hydrogen-bond donors (Lipinski definition) is 4. The number of anilines is 5. The molecule has 0 bridgehead atoms. The number of halogens is 2. The van der Waals surface area contributed by atoms with Gasteiger partial charge in [0.05, 0.1) is 10.7 Å². The van der Waals surface area contributed by atoms with Crippen molar-refractivity contribution in [2.24, 2.45) is 0 Å². The molecular weight excluding hydrogens is 497 g/mol. The number of piperazine rings is 1. The minimum Gasteiger partial charge on any atom is -0.369 e. The number of rotatable bonds is 7. The number of carbonyl (C=O) groups is 1. The van der Waals surface area contributed by atoms with Crippen LogP contribution in [-0.2, 0) is 0 Å². The van der Waals surface area contributed by atoms with Crippen LogP contribution in [0.2, 0.25) is 10.0 Å². The van der Waals surface area contributed by atoms with E-state index in [-0.39, 0.29) is 11.9 Å². The van der Waals surface area contributed by atoms with Crippen molar-refractivity contribution < 1.29 is 4.79 Å². The van der Waals surface area contributed by atoms with Crippen LogP contribution < -0.4 is 26.2 Å². The summed E-state index contributed by atoms with van der Waals surface area (Å²) in [6, 6.07) is 13.5. The second-order valence-corrected chi connectivity index (χ2v) is 9.91. The second-order valence-electron chi connectivity index (χ2n) is 9.07. The molecule has 0 radical (unpaired) electrons. The quantitative estimate of drug-likeness (QED) is 0.321. The van der Waals surface area contributed by atoms with Crippen LogP contribution in [0.15, 0.2) is 48.7 Å². The summed E-state index contributed by atoms with van der Waals surface area (Å²) in [5, 5.41) is 13.8. The molecule has 0 unspecified atom stereocenters. The fourth-order valence-corrected chi connectivity index (χ4v) is 5.03. The number of carbonyl (C=O) groups excluding carboxylic acids is 1. The average molecular weight is 526 g/mol. The molecule has 1 aliphatic heterocycles. The highest BCUT2D eigenvalue weighted by atomic mass is 35.5. The first-order valence-corrected chi connectivity index (χ1v) is 13.0. The number of hydrogen-bond acceptors (Lipinski definition) is 7. The summed E-state index contributed by atoms with van der Waals surface area (Å²) in [5.74, 6) is 0.581. The molecule has 2 heterocycles. The van der Waals surface area contributed by atoms with Crippen LogP contribution in [0.1, 0.15) is 36.0 Å². The van der Waals surface area contributed by atoms with Crippen molar-refractivity contribution in [3.05, 3.63) is 64.3 Å². The van der Waals surface area contributed by atoms with Crippen molar-refractivity contribution in [1.29, 1.82) is 0 Å². The molecule has 5 rings (SSSR count). The molecule has 36 heavy (non-hydrogen) atoms. The lowest BCUT2D eigenvalue weighted by Gasteiger charge is -2.29. The molecule has 1 saturated heterocycles. The van der Waals surface area contributed by atoms with Crippen molar-refractivity contribution in [3.8, 4) is 0 Å². The second kappa shape index (κ2) is 11.3. The number of nitrogens with one attached hydrogen (secondary N) is 4. The molecule has 1 aromatic heterocycles. The van der Waals surface area contributed by atoms with Crippen LogP contribution >= 0.6 is 23.2 Å². The molecule has 1 amide bonds. The number of benzene rings is 2. The SMILES string of the molecule is O=C(Nc1ccc(Cl)cc1Cl)c1cnc(Nc2ccc(N3CCNCC3)cc2)nc1NC1CCCC1. The zero-order valence-corrected chi connectivity index (χ0v) is 21.4. The van der Waals surface area contributed by atoms with Gasteiger partial charge in [-0.05, 0) is 55.3 Å². The van der Waals surface area contributed by atoms with E-state index in [1.807, 2.05) is 12.1 Å². The van der Waals surface area contributed by atoms with Gasteiger partial charge in [-0.1, -0.05) is 36.0 Å². The van der Waals surface area contributed by atoms with E-state index in [2.05, 4.69) is 48.3 Å². The zero-order chi connectivity index (χ0) is 24.9. The molecule has 188 valence electrons. The Morgan fingerprint density at radius 3 is 2.50 bits per heavy atom. The Kier molecular flexibility index (Phi) is 7.75. The monoisotopic (exact) mass is 525 g/mol. The summed E-state index contributed by atoms with van der Waals surface area (Å²) in [5.41, 5.74) is 2.91. The van der Waals surface area contributed by atoms with Crippen molar-refractivity contribution in [1.82, 2.24) is 15.3 Å². The van der Waals surface area contributed by atoms with Gasteiger partial charge >= 0.3 is 0 Å². The summed E-state index contributed by atoms with van der Waals surface area (Å²) < 4.78 is 0. The summed E-state index contributed by atoms with van der Waals surface area (Å²) in [6.07, 6.45) is 5.96. The maximum Gasteiger partial charge on any atom is 0.261 e. The summed E-state index contributed by atoms with van der Waals surface area (Å²) in [7, 11) is 0. The van der Waals surface area contributed by atoms with E-state index in [9.17, 15) is 4.79 Å². The van der Waals surface area contributed by atoms with Crippen LogP contribution in [0.3, 0.4) is 0 Å². The molecule has 1 saturated carbocycles. The van der Waals surface area contributed by atoms with Crippen LogP contribution in [0.25, 0.3) is 0 Å². The smallest absolute Gasteiger partial charge is 0.261 e. The lowest BCUT2D eigenvalue weighted by molar-refractivity contribution is 0.102. The van der Waals surface area contributed by atoms with Crippen molar-refractivity contribution in [3.63, 3.8) is 0 Å². The minimum atomic E-state index is -0.341. The summed E-state index contributed by atoms with van der Waals surface area (Å²) in [4.78, 5) is 24.6. The predicted octanol–water partition coefficient (Wildman–Crippen LogP) is 5.54. The molecule has 8 nitrogen and oxygen atoms in total. The largest absolute Gasteiger partial charge is 0.369 e. The Morgan fingerprint density at radius 1 is 1.03 bits per heavy atom. The van der Waals surface area contributed by atoms with Gasteiger partial charge in [-0.25, -0.2) is 4.98 Å². The Balaban J connectivity index is 1.34. The maximum absolute atomic E-state index is 13.2. The summed E-state index contributed by atoms with van der Waals surface area (Å²) >= 11 is 12.2. The maximum atomic E-state index is 13.2. The van der Waals surface area contributed by atoms with E-state index in [0.29, 0.717) is 33.1 Å². The molecule has 2 aromatic carbocycles. The fraction of sp³-hybridized carbons (Fsp3) is 0.346. The van der Waals surface area contributed by atoms with Gasteiger partial charge in [-0.2, -0.15) is 4.98 Å². The molecule has 3 aromatic rings. The first-order chi connectivity index (χ1) is 17.5. The first-order valence-electron chi connectivity index (χ1n) is 12.3. The standard InChI is InChI=1S/C26H29Cl2N7O/c27-17-5-10-23(22(28)15-17)33-25(36)21-16-30-26(34-24(21)31-18-3-1-2-4-18)32-19-6-8-20(9-7-19)35-13-11-29-12-14-35/h5-10,15-16,18,29H,1-4,11-14H2,(H,33,36)(H2,30,31,32,34). The fourth-order valence-electron chi connectivity index (χ4n) is 4.57. The summed E-state index contributed by atoms with van der Waals surface area (Å²) in [6.45, 7) is 3.98. The van der Waals surface area contributed by atoms with Gasteiger partial charge < -0.3 is 26.2 Å². The van der Waals surface area contributed by atoms with E-state index in [1.165, 1.54) is 5.69 Å². The predicted molar refractivity (Wildman–Crippen MR) is 147 cm³/mol. The highest BCUT2D eigenvalue weighted by molar-refractivity contribution is 6.36. The third kappa shape index (κ3) is 6.00. The normalized spacial score (nSPS) is 16.1. The lowest BCUT2D eigenvalue weighted by atomic mass is 10.2. The minimum absolute atomic E-state index is 0.275. The van der Waals surface area contributed by atoms with Crippen molar-refractivity contribution in [2.45, 2.75) is 31.7 Å². The molecule has 2 aliphatic rings. The van der Waals surface area contributed by atoms with Gasteiger partial charge in [0.25, 0.3) is 5.91 Å². The van der Waals surface area contributed by atoms with Gasteiger partial charge in [0, 0.05) is 54.8 Å². The topological polar surface area (TPSA) is 94.2 Å². The van der Waals surface area contributed by atoms with Crippen molar-refractivity contribution in [2.75, 3.05) is 47.0 Å². The van der Waals surface area contributed by atoms with Gasteiger partial charge in [0.1, 0.15) is 11.4 Å². The van der Waals surface area contributed by atoms with Crippen molar-refractivity contribution >= 4 is 57.9 Å².